The highest BCUT2D eigenvalue weighted by Crippen LogP contribution is 2.61. The van der Waals surface area contributed by atoms with Gasteiger partial charge in [0.2, 0.25) is 0 Å². The molecule has 0 bridgehead atoms. The van der Waals surface area contributed by atoms with Gasteiger partial charge in [-0.05, 0) is 55.8 Å². The van der Waals surface area contributed by atoms with Crippen LogP contribution in [0.25, 0.3) is 0 Å². The number of Topliss-reactive ketones (excluding diaryl/α,β-unsaturated/α-hetero) is 1. The second kappa shape index (κ2) is 5.67. The highest BCUT2D eigenvalue weighted by molar-refractivity contribution is 5.87. The molecule has 3 heteroatoms. The minimum atomic E-state index is -0.405. The zero-order valence-corrected chi connectivity index (χ0v) is 15.7. The molecule has 4 aliphatic rings. The molecule has 4 aliphatic carbocycles. The number of allylic oxidation sites excluding steroid dienone is 1. The molecule has 4 rings (SSSR count). The van der Waals surface area contributed by atoms with Crippen molar-refractivity contribution in [2.45, 2.75) is 71.0 Å². The third-order valence-corrected chi connectivity index (χ3v) is 8.17. The maximum atomic E-state index is 12.5. The fourth-order valence-electron chi connectivity index (χ4n) is 6.80. The van der Waals surface area contributed by atoms with Gasteiger partial charge in [0, 0.05) is 38.9 Å². The normalized spacial score (nSPS) is 44.1. The van der Waals surface area contributed by atoms with Crippen LogP contribution < -0.4 is 0 Å². The van der Waals surface area contributed by atoms with Crippen molar-refractivity contribution in [3.05, 3.63) is 11.1 Å². The van der Waals surface area contributed by atoms with Crippen LogP contribution in [0.1, 0.15) is 65.2 Å². The summed E-state index contributed by atoms with van der Waals surface area (Å²) in [5, 5.41) is 0. The van der Waals surface area contributed by atoms with Crippen molar-refractivity contribution >= 4 is 5.78 Å². The second-order valence-corrected chi connectivity index (χ2v) is 9.01. The van der Waals surface area contributed by atoms with Crippen molar-refractivity contribution in [3.63, 3.8) is 0 Å². The topological polar surface area (TPSA) is 35.5 Å². The molecule has 0 amide bonds. The summed E-state index contributed by atoms with van der Waals surface area (Å²) in [6.07, 6.45) is 8.44. The van der Waals surface area contributed by atoms with E-state index in [9.17, 15) is 4.79 Å². The molecule has 0 radical (unpaired) electrons. The SMILES string of the molecule is COC1(OC)CCC2=C(C[C@@H](C)C3[C@@H]2CC[C@]2(C)C(=O)CC[C@@H]32)C1. The molecule has 0 spiro atoms. The Labute approximate surface area is 146 Å². The summed E-state index contributed by atoms with van der Waals surface area (Å²) in [7, 11) is 3.56. The van der Waals surface area contributed by atoms with Crippen LogP contribution in [0.2, 0.25) is 0 Å². The molecule has 5 atom stereocenters. The number of carbonyl (C=O) groups is 1. The van der Waals surface area contributed by atoms with Crippen LogP contribution in [0.4, 0.5) is 0 Å². The van der Waals surface area contributed by atoms with E-state index in [1.807, 2.05) is 0 Å². The molecule has 24 heavy (non-hydrogen) atoms. The highest BCUT2D eigenvalue weighted by atomic mass is 16.7. The van der Waals surface area contributed by atoms with E-state index in [1.165, 1.54) is 12.8 Å². The second-order valence-electron chi connectivity index (χ2n) is 9.01. The predicted molar refractivity (Wildman–Crippen MR) is 93.5 cm³/mol. The molecule has 3 nitrogen and oxygen atoms in total. The monoisotopic (exact) mass is 332 g/mol. The maximum absolute atomic E-state index is 12.5. The van der Waals surface area contributed by atoms with Crippen molar-refractivity contribution < 1.29 is 14.3 Å². The van der Waals surface area contributed by atoms with Crippen LogP contribution in [0.3, 0.4) is 0 Å². The lowest BCUT2D eigenvalue weighted by molar-refractivity contribution is -0.213. The van der Waals surface area contributed by atoms with Crippen LogP contribution in [0.15, 0.2) is 11.1 Å². The van der Waals surface area contributed by atoms with Crippen molar-refractivity contribution in [2.75, 3.05) is 14.2 Å². The average Bonchev–Trinajstić information content (AvgIpc) is 2.89. The van der Waals surface area contributed by atoms with Gasteiger partial charge in [0.1, 0.15) is 5.78 Å². The Morgan fingerprint density at radius 1 is 1.08 bits per heavy atom. The summed E-state index contributed by atoms with van der Waals surface area (Å²) in [4.78, 5) is 12.5. The zero-order valence-electron chi connectivity index (χ0n) is 15.7. The molecular weight excluding hydrogens is 300 g/mol. The molecule has 0 aromatic rings. The first kappa shape index (κ1) is 16.8. The first-order valence-corrected chi connectivity index (χ1v) is 9.78. The summed E-state index contributed by atoms with van der Waals surface area (Å²) in [5.74, 6) is 2.85. The van der Waals surface area contributed by atoms with Gasteiger partial charge < -0.3 is 9.47 Å². The van der Waals surface area contributed by atoms with Crippen molar-refractivity contribution in [2.24, 2.45) is 29.1 Å². The number of rotatable bonds is 2. The van der Waals surface area contributed by atoms with E-state index in [0.717, 1.165) is 38.5 Å². The Kier molecular flexibility index (Phi) is 3.96. The lowest BCUT2D eigenvalue weighted by Gasteiger charge is -2.53. The van der Waals surface area contributed by atoms with E-state index < -0.39 is 5.79 Å². The van der Waals surface area contributed by atoms with Crippen LogP contribution in [-0.4, -0.2) is 25.8 Å². The maximum Gasteiger partial charge on any atom is 0.171 e. The third-order valence-electron chi connectivity index (χ3n) is 8.17. The van der Waals surface area contributed by atoms with Gasteiger partial charge in [0.15, 0.2) is 5.79 Å². The largest absolute Gasteiger partial charge is 0.353 e. The Balaban J connectivity index is 1.66. The molecule has 134 valence electrons. The summed E-state index contributed by atoms with van der Waals surface area (Å²) in [5.41, 5.74) is 3.29. The fourth-order valence-corrected chi connectivity index (χ4v) is 6.80. The van der Waals surface area contributed by atoms with Gasteiger partial charge in [0.25, 0.3) is 0 Å². The fraction of sp³-hybridized carbons (Fsp3) is 0.857. The number of ether oxygens (including phenoxy) is 2. The molecule has 0 saturated heterocycles. The third kappa shape index (κ3) is 2.20. The van der Waals surface area contributed by atoms with Gasteiger partial charge in [-0.15, -0.1) is 0 Å². The molecule has 1 unspecified atom stereocenters. The molecule has 0 heterocycles. The predicted octanol–water partition coefficient (Wildman–Crippen LogP) is 4.51. The summed E-state index contributed by atoms with van der Waals surface area (Å²) in [6.45, 7) is 4.69. The number of fused-ring (bicyclic) bond motifs is 4. The minimum absolute atomic E-state index is 0.0228. The number of hydrogen-bond donors (Lipinski definition) is 0. The Bertz CT molecular complexity index is 574. The van der Waals surface area contributed by atoms with Gasteiger partial charge in [-0.25, -0.2) is 0 Å². The van der Waals surface area contributed by atoms with Gasteiger partial charge in [0.05, 0.1) is 0 Å². The molecule has 2 fully saturated rings. The van der Waals surface area contributed by atoms with E-state index >= 15 is 0 Å². The van der Waals surface area contributed by atoms with E-state index in [-0.39, 0.29) is 5.41 Å². The highest BCUT2D eigenvalue weighted by Gasteiger charge is 2.57. The lowest BCUT2D eigenvalue weighted by Crippen LogP contribution is -2.48. The summed E-state index contributed by atoms with van der Waals surface area (Å²) < 4.78 is 11.5. The van der Waals surface area contributed by atoms with Gasteiger partial charge in [-0.1, -0.05) is 25.0 Å². The van der Waals surface area contributed by atoms with Crippen molar-refractivity contribution in [1.29, 1.82) is 0 Å². The smallest absolute Gasteiger partial charge is 0.171 e. The molecule has 0 aromatic heterocycles. The molecule has 2 saturated carbocycles. The van der Waals surface area contributed by atoms with Gasteiger partial charge in [-0.3, -0.25) is 4.79 Å². The van der Waals surface area contributed by atoms with Crippen molar-refractivity contribution in [3.8, 4) is 0 Å². The Hall–Kier alpha value is -0.670. The quantitative estimate of drug-likeness (QED) is 0.551. The summed E-state index contributed by atoms with van der Waals surface area (Å²) in [6, 6.07) is 0. The molecular formula is C21H32O3. The van der Waals surface area contributed by atoms with E-state index in [1.54, 1.807) is 25.4 Å². The van der Waals surface area contributed by atoms with Crippen LogP contribution in [0, 0.1) is 29.1 Å². The number of carbonyl (C=O) groups excluding carboxylic acids is 1. The minimum Gasteiger partial charge on any atom is -0.353 e. The van der Waals surface area contributed by atoms with Gasteiger partial charge >= 0.3 is 0 Å². The van der Waals surface area contributed by atoms with Crippen LogP contribution in [0.5, 0.6) is 0 Å². The van der Waals surface area contributed by atoms with Crippen molar-refractivity contribution in [1.82, 2.24) is 0 Å². The lowest BCUT2D eigenvalue weighted by atomic mass is 9.51. The average molecular weight is 332 g/mol. The summed E-state index contributed by atoms with van der Waals surface area (Å²) >= 11 is 0. The van der Waals surface area contributed by atoms with Crippen LogP contribution >= 0.6 is 0 Å². The van der Waals surface area contributed by atoms with E-state index in [0.29, 0.717) is 29.5 Å². The number of methoxy groups -OCH3 is 2. The van der Waals surface area contributed by atoms with Crippen LogP contribution in [-0.2, 0) is 14.3 Å². The standard InChI is InChI=1S/C21H32O3/c1-13-11-14-12-21(23-3,24-4)10-8-15(14)16-7-9-20(2)17(19(13)16)5-6-18(20)22/h13,16-17,19H,5-12H2,1-4H3/t13-,16-,17+,19?,20+/m1/s1. The van der Waals surface area contributed by atoms with E-state index in [4.69, 9.17) is 9.47 Å². The Morgan fingerprint density at radius 3 is 2.54 bits per heavy atom. The first-order valence-electron chi connectivity index (χ1n) is 9.78. The van der Waals surface area contributed by atoms with Gasteiger partial charge in [-0.2, -0.15) is 0 Å². The number of ketones is 1. The molecule has 0 aromatic carbocycles. The first-order chi connectivity index (χ1) is 11.4. The molecule has 0 N–H and O–H groups in total. The zero-order chi connectivity index (χ0) is 17.1. The number of hydrogen-bond acceptors (Lipinski definition) is 3. The van der Waals surface area contributed by atoms with E-state index in [2.05, 4.69) is 13.8 Å². The molecule has 0 aliphatic heterocycles. The Morgan fingerprint density at radius 2 is 1.83 bits per heavy atom.